The highest BCUT2D eigenvalue weighted by Crippen LogP contribution is 2.28. The Kier molecular flexibility index (Phi) is 5.11. The van der Waals surface area contributed by atoms with Gasteiger partial charge in [0.25, 0.3) is 0 Å². The van der Waals surface area contributed by atoms with Gasteiger partial charge in [-0.3, -0.25) is 0 Å². The third-order valence-corrected chi connectivity index (χ3v) is 4.51. The van der Waals surface area contributed by atoms with Gasteiger partial charge in [0, 0.05) is 5.54 Å². The van der Waals surface area contributed by atoms with Crippen molar-refractivity contribution in [1.29, 1.82) is 0 Å². The second-order valence-electron chi connectivity index (χ2n) is 5.77. The Morgan fingerprint density at radius 3 is 2.07 bits per heavy atom. The Bertz CT molecular complexity index is 164. The molecule has 1 nitrogen and oxygen atoms in total. The van der Waals surface area contributed by atoms with Crippen molar-refractivity contribution in [3.05, 3.63) is 0 Å². The van der Waals surface area contributed by atoms with Crippen LogP contribution in [0.3, 0.4) is 0 Å². The van der Waals surface area contributed by atoms with E-state index < -0.39 is 0 Å². The lowest BCUT2D eigenvalue weighted by Crippen LogP contribution is -2.44. The van der Waals surface area contributed by atoms with E-state index in [1.54, 1.807) is 0 Å². The van der Waals surface area contributed by atoms with Crippen molar-refractivity contribution in [2.24, 2.45) is 11.8 Å². The Morgan fingerprint density at radius 1 is 1.07 bits per heavy atom. The summed E-state index contributed by atoms with van der Waals surface area (Å²) < 4.78 is 0. The minimum atomic E-state index is 0.378. The largest absolute Gasteiger partial charge is 0.311 e. The summed E-state index contributed by atoms with van der Waals surface area (Å²) in [6.45, 7) is 10.6. The molecule has 0 aromatic heterocycles. The molecule has 1 saturated carbocycles. The summed E-state index contributed by atoms with van der Waals surface area (Å²) in [6, 6.07) is 0. The van der Waals surface area contributed by atoms with Crippen LogP contribution >= 0.6 is 0 Å². The van der Waals surface area contributed by atoms with Gasteiger partial charge in [-0.15, -0.1) is 0 Å². The summed E-state index contributed by atoms with van der Waals surface area (Å²) in [7, 11) is 0. The molecule has 0 aliphatic heterocycles. The summed E-state index contributed by atoms with van der Waals surface area (Å²) in [6.07, 6.45) is 8.26. The molecular formula is C14H29N. The van der Waals surface area contributed by atoms with E-state index in [0.29, 0.717) is 5.54 Å². The summed E-state index contributed by atoms with van der Waals surface area (Å²) in [5.74, 6) is 1.92. The molecule has 0 amide bonds. The first kappa shape index (κ1) is 13.0. The minimum Gasteiger partial charge on any atom is -0.311 e. The molecule has 0 unspecified atom stereocenters. The third-order valence-electron chi connectivity index (χ3n) is 4.51. The van der Waals surface area contributed by atoms with Crippen molar-refractivity contribution in [3.8, 4) is 0 Å². The molecule has 0 atom stereocenters. The summed E-state index contributed by atoms with van der Waals surface area (Å²) in [5.41, 5.74) is 0.378. The Hall–Kier alpha value is -0.0400. The summed E-state index contributed by atoms with van der Waals surface area (Å²) in [5, 5.41) is 3.78. The molecule has 0 aromatic carbocycles. The average Bonchev–Trinajstić information content (AvgIpc) is 2.28. The van der Waals surface area contributed by atoms with Crippen LogP contribution in [0, 0.1) is 11.8 Å². The van der Waals surface area contributed by atoms with Crippen LogP contribution in [0.1, 0.15) is 66.2 Å². The molecule has 0 spiro atoms. The first-order valence-electron chi connectivity index (χ1n) is 6.84. The molecule has 1 fully saturated rings. The lowest BCUT2D eigenvalue weighted by molar-refractivity contribution is 0.243. The zero-order valence-corrected chi connectivity index (χ0v) is 11.1. The van der Waals surface area contributed by atoms with Crippen molar-refractivity contribution in [3.63, 3.8) is 0 Å². The lowest BCUT2D eigenvalue weighted by Gasteiger charge is -2.33. The number of hydrogen-bond acceptors (Lipinski definition) is 1. The van der Waals surface area contributed by atoms with E-state index in [1.807, 2.05) is 0 Å². The van der Waals surface area contributed by atoms with Crippen LogP contribution in [-0.4, -0.2) is 12.1 Å². The molecular weight excluding hydrogens is 182 g/mol. The number of rotatable bonds is 5. The van der Waals surface area contributed by atoms with E-state index in [-0.39, 0.29) is 0 Å². The number of nitrogens with one attached hydrogen (secondary N) is 1. The standard InChI is InChI=1S/C14H29N/c1-5-14(4,6-2)15-11-13-9-7-12(3)8-10-13/h12-13,15H,5-11H2,1-4H3. The fraction of sp³-hybridized carbons (Fsp3) is 1.00. The molecule has 1 heteroatoms. The van der Waals surface area contributed by atoms with Crippen LogP contribution in [0.2, 0.25) is 0 Å². The molecule has 1 aliphatic carbocycles. The minimum absolute atomic E-state index is 0.378. The van der Waals surface area contributed by atoms with Crippen molar-refractivity contribution >= 4 is 0 Å². The van der Waals surface area contributed by atoms with Crippen LogP contribution in [0.15, 0.2) is 0 Å². The van der Waals surface area contributed by atoms with Gasteiger partial charge < -0.3 is 5.32 Å². The fourth-order valence-electron chi connectivity index (χ4n) is 2.42. The van der Waals surface area contributed by atoms with Gasteiger partial charge in [-0.05, 0) is 51.0 Å². The zero-order valence-electron chi connectivity index (χ0n) is 11.1. The maximum absolute atomic E-state index is 3.78. The predicted octanol–water partition coefficient (Wildman–Crippen LogP) is 3.98. The van der Waals surface area contributed by atoms with Crippen molar-refractivity contribution in [2.75, 3.05) is 6.54 Å². The zero-order chi connectivity index (χ0) is 11.3. The Labute approximate surface area is 96.0 Å². The van der Waals surface area contributed by atoms with Crippen molar-refractivity contribution in [1.82, 2.24) is 5.32 Å². The molecule has 15 heavy (non-hydrogen) atoms. The highest BCUT2D eigenvalue weighted by Gasteiger charge is 2.22. The van der Waals surface area contributed by atoms with Gasteiger partial charge in [-0.25, -0.2) is 0 Å². The van der Waals surface area contributed by atoms with Crippen molar-refractivity contribution in [2.45, 2.75) is 71.8 Å². The van der Waals surface area contributed by atoms with Gasteiger partial charge in [0.15, 0.2) is 0 Å². The van der Waals surface area contributed by atoms with E-state index >= 15 is 0 Å². The van der Waals surface area contributed by atoms with Crippen LogP contribution in [0.4, 0.5) is 0 Å². The van der Waals surface area contributed by atoms with Gasteiger partial charge in [0.05, 0.1) is 0 Å². The Balaban J connectivity index is 2.24. The van der Waals surface area contributed by atoms with E-state index in [9.17, 15) is 0 Å². The SMILES string of the molecule is CCC(C)(CC)NCC1CCC(C)CC1. The third kappa shape index (κ3) is 4.14. The van der Waals surface area contributed by atoms with E-state index in [4.69, 9.17) is 0 Å². The summed E-state index contributed by atoms with van der Waals surface area (Å²) in [4.78, 5) is 0. The van der Waals surface area contributed by atoms with Gasteiger partial charge in [-0.2, -0.15) is 0 Å². The van der Waals surface area contributed by atoms with E-state index in [1.165, 1.54) is 45.1 Å². The van der Waals surface area contributed by atoms with Gasteiger partial charge in [-0.1, -0.05) is 33.6 Å². The molecule has 0 aromatic rings. The first-order chi connectivity index (χ1) is 7.09. The van der Waals surface area contributed by atoms with Crippen LogP contribution < -0.4 is 5.32 Å². The molecule has 0 bridgehead atoms. The van der Waals surface area contributed by atoms with Gasteiger partial charge >= 0.3 is 0 Å². The molecule has 0 heterocycles. The maximum Gasteiger partial charge on any atom is 0.0148 e. The lowest BCUT2D eigenvalue weighted by atomic mass is 9.82. The second kappa shape index (κ2) is 5.89. The highest BCUT2D eigenvalue weighted by atomic mass is 15.0. The van der Waals surface area contributed by atoms with E-state index in [0.717, 1.165) is 11.8 Å². The monoisotopic (exact) mass is 211 g/mol. The fourth-order valence-corrected chi connectivity index (χ4v) is 2.42. The van der Waals surface area contributed by atoms with Gasteiger partial charge in [0.2, 0.25) is 0 Å². The van der Waals surface area contributed by atoms with Crippen LogP contribution in [0.5, 0.6) is 0 Å². The quantitative estimate of drug-likeness (QED) is 0.725. The molecule has 0 radical (unpaired) electrons. The van der Waals surface area contributed by atoms with Crippen molar-refractivity contribution < 1.29 is 0 Å². The topological polar surface area (TPSA) is 12.0 Å². The first-order valence-corrected chi connectivity index (χ1v) is 6.84. The highest BCUT2D eigenvalue weighted by molar-refractivity contribution is 4.82. The smallest absolute Gasteiger partial charge is 0.0148 e. The van der Waals surface area contributed by atoms with Crippen LogP contribution in [-0.2, 0) is 0 Å². The predicted molar refractivity (Wildman–Crippen MR) is 68.1 cm³/mol. The molecule has 1 aliphatic rings. The van der Waals surface area contributed by atoms with Crippen LogP contribution in [0.25, 0.3) is 0 Å². The normalized spacial score (nSPS) is 28.0. The van der Waals surface area contributed by atoms with Gasteiger partial charge in [0.1, 0.15) is 0 Å². The second-order valence-corrected chi connectivity index (χ2v) is 5.77. The maximum atomic E-state index is 3.78. The Morgan fingerprint density at radius 2 is 1.60 bits per heavy atom. The summed E-state index contributed by atoms with van der Waals surface area (Å²) >= 11 is 0. The molecule has 90 valence electrons. The van der Waals surface area contributed by atoms with E-state index in [2.05, 4.69) is 33.0 Å². The molecule has 0 saturated heterocycles. The number of hydrogen-bond donors (Lipinski definition) is 1. The molecule has 1 N–H and O–H groups in total. The molecule has 1 rings (SSSR count). The average molecular weight is 211 g/mol.